The summed E-state index contributed by atoms with van der Waals surface area (Å²) in [7, 11) is -1.44. The molecule has 0 bridgehead atoms. The Morgan fingerprint density at radius 3 is 1.94 bits per heavy atom. The standard InChI is InChI=1S/C15H26NOP/c1-10-8-11(2)14(12(3)9-10)16-15(17)13(4)18(5,6)7/h8-9,13,18H,1-7H3,(H,16,17). The first-order valence-electron chi connectivity index (χ1n) is 6.51. The maximum absolute atomic E-state index is 12.3. The van der Waals surface area contributed by atoms with Crippen molar-refractivity contribution in [3.8, 4) is 0 Å². The van der Waals surface area contributed by atoms with Gasteiger partial charge in [-0.15, -0.1) is 0 Å². The van der Waals surface area contributed by atoms with Crippen molar-refractivity contribution in [2.75, 3.05) is 25.3 Å². The molecule has 0 aliphatic heterocycles. The van der Waals surface area contributed by atoms with E-state index in [0.29, 0.717) is 0 Å². The van der Waals surface area contributed by atoms with Gasteiger partial charge in [-0.25, -0.2) is 0 Å². The Labute approximate surface area is 112 Å². The molecule has 1 N–H and O–H groups in total. The first kappa shape index (κ1) is 15.2. The number of carbonyl (C=O) groups excluding carboxylic acids is 1. The number of hydrogen-bond donors (Lipinski definition) is 1. The van der Waals surface area contributed by atoms with E-state index >= 15 is 0 Å². The first-order valence-corrected chi connectivity index (χ1v) is 10.1. The Bertz CT molecular complexity index is 437. The van der Waals surface area contributed by atoms with E-state index in [4.69, 9.17) is 0 Å². The molecule has 0 aromatic heterocycles. The van der Waals surface area contributed by atoms with Crippen LogP contribution in [0.2, 0.25) is 0 Å². The maximum atomic E-state index is 12.3. The van der Waals surface area contributed by atoms with Crippen molar-refractivity contribution in [2.24, 2.45) is 0 Å². The molecule has 2 nitrogen and oxygen atoms in total. The molecule has 18 heavy (non-hydrogen) atoms. The van der Waals surface area contributed by atoms with E-state index < -0.39 is 7.26 Å². The van der Waals surface area contributed by atoms with Crippen LogP contribution in [0.15, 0.2) is 12.1 Å². The van der Waals surface area contributed by atoms with Crippen molar-refractivity contribution in [1.29, 1.82) is 0 Å². The monoisotopic (exact) mass is 267 g/mol. The number of anilines is 1. The molecule has 1 unspecified atom stereocenters. The van der Waals surface area contributed by atoms with Gasteiger partial charge in [-0.05, 0) is 0 Å². The number of aryl methyl sites for hydroxylation is 3. The summed E-state index contributed by atoms with van der Waals surface area (Å²) in [6.07, 6.45) is 0. The molecule has 1 aromatic rings. The Hall–Kier alpha value is -0.880. The van der Waals surface area contributed by atoms with E-state index in [2.05, 4.69) is 58.2 Å². The van der Waals surface area contributed by atoms with Crippen molar-refractivity contribution in [3.05, 3.63) is 28.8 Å². The van der Waals surface area contributed by atoms with E-state index in [9.17, 15) is 4.79 Å². The molecule has 0 aliphatic carbocycles. The zero-order chi connectivity index (χ0) is 14.1. The van der Waals surface area contributed by atoms with Crippen molar-refractivity contribution in [2.45, 2.75) is 33.4 Å². The fourth-order valence-corrected chi connectivity index (χ4v) is 2.86. The van der Waals surface area contributed by atoms with Crippen LogP contribution in [0.5, 0.6) is 0 Å². The molecule has 3 heteroatoms. The number of carbonyl (C=O) groups is 1. The van der Waals surface area contributed by atoms with Crippen LogP contribution in [0.4, 0.5) is 5.69 Å². The summed E-state index contributed by atoms with van der Waals surface area (Å²) in [5.41, 5.74) is 4.63. The molecule has 1 atom stereocenters. The van der Waals surface area contributed by atoms with Gasteiger partial charge in [0.2, 0.25) is 0 Å². The Kier molecular flexibility index (Phi) is 4.55. The third kappa shape index (κ3) is 3.55. The predicted octanol–water partition coefficient (Wildman–Crippen LogP) is 3.58. The van der Waals surface area contributed by atoms with Gasteiger partial charge in [0.15, 0.2) is 0 Å². The van der Waals surface area contributed by atoms with Gasteiger partial charge in [0, 0.05) is 0 Å². The molecule has 0 radical (unpaired) electrons. The molecule has 0 aliphatic rings. The van der Waals surface area contributed by atoms with E-state index in [0.717, 1.165) is 16.8 Å². The zero-order valence-electron chi connectivity index (χ0n) is 12.6. The number of amides is 1. The van der Waals surface area contributed by atoms with E-state index in [-0.39, 0.29) is 11.6 Å². The summed E-state index contributed by atoms with van der Waals surface area (Å²) in [5, 5.41) is 3.11. The second kappa shape index (κ2) is 5.40. The van der Waals surface area contributed by atoms with Crippen molar-refractivity contribution >= 4 is 18.9 Å². The average Bonchev–Trinajstić information content (AvgIpc) is 2.20. The fraction of sp³-hybridized carbons (Fsp3) is 0.533. The molecule has 0 heterocycles. The molecule has 1 amide bonds. The Balaban J connectivity index is 2.96. The van der Waals surface area contributed by atoms with E-state index in [1.54, 1.807) is 0 Å². The Morgan fingerprint density at radius 1 is 1.11 bits per heavy atom. The van der Waals surface area contributed by atoms with Gasteiger partial charge in [-0.2, -0.15) is 0 Å². The molecular formula is C15H26NOP. The number of hydrogen-bond acceptors (Lipinski definition) is 1. The second-order valence-electron chi connectivity index (χ2n) is 6.35. The van der Waals surface area contributed by atoms with Crippen molar-refractivity contribution < 1.29 is 4.79 Å². The van der Waals surface area contributed by atoms with Gasteiger partial charge in [0.1, 0.15) is 0 Å². The SMILES string of the molecule is Cc1cc(C)c(NC(=O)C(C)[PH](C)(C)C)c(C)c1. The minimum absolute atomic E-state index is 0.123. The summed E-state index contributed by atoms with van der Waals surface area (Å²) in [6, 6.07) is 4.23. The third-order valence-corrected chi connectivity index (χ3v) is 6.48. The van der Waals surface area contributed by atoms with Crippen molar-refractivity contribution in [3.63, 3.8) is 0 Å². The van der Waals surface area contributed by atoms with Crippen LogP contribution >= 0.6 is 7.26 Å². The summed E-state index contributed by atoms with van der Waals surface area (Å²) >= 11 is 0. The van der Waals surface area contributed by atoms with Crippen LogP contribution in [0.1, 0.15) is 23.6 Å². The van der Waals surface area contributed by atoms with Crippen LogP contribution in [0, 0.1) is 20.8 Å². The van der Waals surface area contributed by atoms with Crippen LogP contribution in [-0.4, -0.2) is 31.6 Å². The summed E-state index contributed by atoms with van der Waals surface area (Å²) in [5.74, 6) is 0.157. The topological polar surface area (TPSA) is 29.1 Å². The molecule has 0 saturated carbocycles. The molecule has 0 saturated heterocycles. The third-order valence-electron chi connectivity index (χ3n) is 3.62. The number of benzene rings is 1. The van der Waals surface area contributed by atoms with E-state index in [1.165, 1.54) is 5.56 Å². The quantitative estimate of drug-likeness (QED) is 0.833. The van der Waals surface area contributed by atoms with Crippen LogP contribution in [-0.2, 0) is 4.79 Å². The molecule has 1 rings (SSSR count). The zero-order valence-corrected chi connectivity index (χ0v) is 13.6. The van der Waals surface area contributed by atoms with Gasteiger partial charge >= 0.3 is 111 Å². The summed E-state index contributed by atoms with van der Waals surface area (Å²) in [4.78, 5) is 12.3. The molecule has 0 fully saturated rings. The fourth-order valence-electron chi connectivity index (χ4n) is 2.00. The average molecular weight is 267 g/mol. The minimum atomic E-state index is -1.44. The molecular weight excluding hydrogens is 241 g/mol. The predicted molar refractivity (Wildman–Crippen MR) is 84.8 cm³/mol. The normalized spacial score (nSPS) is 14.2. The number of rotatable bonds is 3. The molecule has 1 aromatic carbocycles. The summed E-state index contributed by atoms with van der Waals surface area (Å²) < 4.78 is 0. The van der Waals surface area contributed by atoms with Crippen LogP contribution in [0.25, 0.3) is 0 Å². The number of nitrogens with one attached hydrogen (secondary N) is 1. The Morgan fingerprint density at radius 2 is 1.56 bits per heavy atom. The first-order chi connectivity index (χ1) is 8.12. The van der Waals surface area contributed by atoms with Crippen LogP contribution in [0.3, 0.4) is 0 Å². The molecule has 102 valence electrons. The second-order valence-corrected chi connectivity index (χ2v) is 11.9. The molecule has 0 spiro atoms. The van der Waals surface area contributed by atoms with Crippen molar-refractivity contribution in [1.82, 2.24) is 0 Å². The van der Waals surface area contributed by atoms with Gasteiger partial charge in [-0.1, -0.05) is 0 Å². The van der Waals surface area contributed by atoms with E-state index in [1.807, 2.05) is 6.92 Å². The van der Waals surface area contributed by atoms with Gasteiger partial charge in [0.05, 0.1) is 0 Å². The van der Waals surface area contributed by atoms with Gasteiger partial charge in [-0.3, -0.25) is 0 Å². The van der Waals surface area contributed by atoms with Gasteiger partial charge in [0.25, 0.3) is 0 Å². The van der Waals surface area contributed by atoms with Gasteiger partial charge < -0.3 is 0 Å². The summed E-state index contributed by atoms with van der Waals surface area (Å²) in [6.45, 7) is 14.9. The van der Waals surface area contributed by atoms with Crippen LogP contribution < -0.4 is 5.32 Å².